The van der Waals surface area contributed by atoms with Crippen molar-refractivity contribution in [1.82, 2.24) is 4.57 Å². The third-order valence-corrected chi connectivity index (χ3v) is 8.59. The molecule has 2 heterocycles. The van der Waals surface area contributed by atoms with E-state index in [0.717, 1.165) is 18.8 Å². The van der Waals surface area contributed by atoms with Crippen molar-refractivity contribution in [2.75, 3.05) is 0 Å². The van der Waals surface area contributed by atoms with Crippen LogP contribution in [0.4, 0.5) is 0 Å². The van der Waals surface area contributed by atoms with E-state index in [4.69, 9.17) is 0 Å². The van der Waals surface area contributed by atoms with E-state index in [-0.39, 0.29) is 5.92 Å². The third kappa shape index (κ3) is 3.35. The predicted octanol–water partition coefficient (Wildman–Crippen LogP) is 5.77. The highest BCUT2D eigenvalue weighted by molar-refractivity contribution is 8.01. The van der Waals surface area contributed by atoms with Crippen molar-refractivity contribution in [1.29, 1.82) is 0 Å². The lowest BCUT2D eigenvalue weighted by molar-refractivity contribution is -0.122. The molecule has 1 saturated carbocycles. The number of aromatic nitrogens is 1. The molecule has 4 rings (SSSR count). The maximum Gasteiger partial charge on any atom is 0.137 e. The first kappa shape index (κ1) is 18.2. The van der Waals surface area contributed by atoms with Crippen LogP contribution < -0.4 is 0 Å². The van der Waals surface area contributed by atoms with Gasteiger partial charge in [-0.25, -0.2) is 0 Å². The van der Waals surface area contributed by atoms with Gasteiger partial charge in [0.2, 0.25) is 0 Å². The highest BCUT2D eigenvalue weighted by Crippen LogP contribution is 2.55. The van der Waals surface area contributed by atoms with Crippen LogP contribution in [-0.4, -0.2) is 20.3 Å². The Morgan fingerprint density at radius 2 is 1.96 bits per heavy atom. The summed E-state index contributed by atoms with van der Waals surface area (Å²) in [6.07, 6.45) is 10.2. The van der Waals surface area contributed by atoms with Gasteiger partial charge in [0.1, 0.15) is 5.78 Å². The molecule has 2 unspecified atom stereocenters. The molecule has 2 aromatic rings. The fourth-order valence-corrected chi connectivity index (χ4v) is 7.09. The topological polar surface area (TPSA) is 22.0 Å². The van der Waals surface area contributed by atoms with Gasteiger partial charge in [-0.3, -0.25) is 4.79 Å². The zero-order chi connectivity index (χ0) is 18.3. The minimum Gasteiger partial charge on any atom is -0.350 e. The van der Waals surface area contributed by atoms with Crippen LogP contribution in [0.25, 0.3) is 10.9 Å². The maximum absolute atomic E-state index is 13.0. The number of carbonyl (C=O) groups excluding carboxylic acids is 1. The predicted molar refractivity (Wildman–Crippen MR) is 112 cm³/mol. The van der Waals surface area contributed by atoms with Crippen LogP contribution >= 0.6 is 11.8 Å². The van der Waals surface area contributed by atoms with Crippen molar-refractivity contribution in [3.8, 4) is 0 Å². The average molecular weight is 370 g/mol. The minimum absolute atomic E-state index is 0.267. The standard InChI is InChI=1S/C23H31NOS/c1-16-10-12-23(13-11-16)14-20(17(2)26-23)22(25)9-8-18-15-24(3)21-7-5-4-6-19(18)21/h4-7,15-17,20H,8-14H2,1-3H3. The molecule has 2 atom stereocenters. The number of rotatable bonds is 4. The summed E-state index contributed by atoms with van der Waals surface area (Å²) in [5.41, 5.74) is 2.57. The maximum atomic E-state index is 13.0. The lowest BCUT2D eigenvalue weighted by atomic mass is 9.76. The Morgan fingerprint density at radius 3 is 2.73 bits per heavy atom. The van der Waals surface area contributed by atoms with Crippen LogP contribution in [0.5, 0.6) is 0 Å². The summed E-state index contributed by atoms with van der Waals surface area (Å²) in [4.78, 5) is 13.0. The summed E-state index contributed by atoms with van der Waals surface area (Å²) < 4.78 is 2.59. The SMILES string of the molecule is CC1CCC2(CC1)CC(C(=O)CCc1cn(C)c3ccccc13)C(C)S2. The normalized spacial score (nSPS) is 31.7. The second-order valence-electron chi connectivity index (χ2n) is 8.75. The molecule has 0 bridgehead atoms. The highest BCUT2D eigenvalue weighted by atomic mass is 32.2. The first-order valence-electron chi connectivity index (χ1n) is 10.2. The van der Waals surface area contributed by atoms with Crippen molar-refractivity contribution in [2.45, 2.75) is 68.8 Å². The number of fused-ring (bicyclic) bond motifs is 1. The number of hydrogen-bond donors (Lipinski definition) is 0. The van der Waals surface area contributed by atoms with Gasteiger partial charge in [0.25, 0.3) is 0 Å². The van der Waals surface area contributed by atoms with Gasteiger partial charge in [0.05, 0.1) is 0 Å². The number of thioether (sulfide) groups is 1. The lowest BCUT2D eigenvalue weighted by Gasteiger charge is -2.35. The van der Waals surface area contributed by atoms with Crippen molar-refractivity contribution >= 4 is 28.4 Å². The highest BCUT2D eigenvalue weighted by Gasteiger charge is 2.47. The molecule has 0 radical (unpaired) electrons. The largest absolute Gasteiger partial charge is 0.350 e. The van der Waals surface area contributed by atoms with Gasteiger partial charge < -0.3 is 4.57 Å². The Balaban J connectivity index is 1.42. The Bertz CT molecular complexity index is 800. The molecule has 2 aliphatic rings. The summed E-state index contributed by atoms with van der Waals surface area (Å²) in [6.45, 7) is 4.67. The van der Waals surface area contributed by atoms with Gasteiger partial charge in [0.15, 0.2) is 0 Å². The van der Waals surface area contributed by atoms with E-state index >= 15 is 0 Å². The quantitative estimate of drug-likeness (QED) is 0.682. The molecule has 1 spiro atoms. The second-order valence-corrected chi connectivity index (χ2v) is 10.6. The number of ketones is 1. The summed E-state index contributed by atoms with van der Waals surface area (Å²) in [5.74, 6) is 1.63. The van der Waals surface area contributed by atoms with Crippen LogP contribution in [0.3, 0.4) is 0 Å². The summed E-state index contributed by atoms with van der Waals surface area (Å²) in [7, 11) is 2.09. The van der Waals surface area contributed by atoms with E-state index in [0.29, 0.717) is 22.2 Å². The molecule has 1 aliphatic heterocycles. The summed E-state index contributed by atoms with van der Waals surface area (Å²) in [5, 5.41) is 1.79. The van der Waals surface area contributed by atoms with Crippen LogP contribution in [0.15, 0.2) is 30.5 Å². The van der Waals surface area contributed by atoms with Gasteiger partial charge in [0, 0.05) is 46.5 Å². The third-order valence-electron chi connectivity index (χ3n) is 6.81. The first-order chi connectivity index (χ1) is 12.5. The molecule has 0 amide bonds. The van der Waals surface area contributed by atoms with Crippen LogP contribution in [0.1, 0.15) is 57.9 Å². The number of nitrogens with zero attached hydrogens (tertiary/aromatic N) is 1. The molecule has 1 saturated heterocycles. The number of benzene rings is 1. The Morgan fingerprint density at radius 1 is 1.23 bits per heavy atom. The average Bonchev–Trinajstić information content (AvgIpc) is 3.14. The molecule has 1 aromatic heterocycles. The summed E-state index contributed by atoms with van der Waals surface area (Å²) >= 11 is 2.13. The van der Waals surface area contributed by atoms with E-state index < -0.39 is 0 Å². The number of Topliss-reactive ketones (excluding diaryl/α,β-unsaturated/α-hetero) is 1. The molecule has 1 aromatic carbocycles. The van der Waals surface area contributed by atoms with E-state index in [2.05, 4.69) is 67.7 Å². The number of para-hydroxylation sites is 1. The first-order valence-corrected chi connectivity index (χ1v) is 11.1. The van der Waals surface area contributed by atoms with Gasteiger partial charge >= 0.3 is 0 Å². The molecular weight excluding hydrogens is 338 g/mol. The Kier molecular flexibility index (Phi) is 4.94. The second kappa shape index (κ2) is 7.07. The van der Waals surface area contributed by atoms with Crippen LogP contribution in [0.2, 0.25) is 0 Å². The van der Waals surface area contributed by atoms with Crippen LogP contribution in [0, 0.1) is 11.8 Å². The van der Waals surface area contributed by atoms with Crippen molar-refractivity contribution in [3.05, 3.63) is 36.0 Å². The van der Waals surface area contributed by atoms with Crippen molar-refractivity contribution in [2.24, 2.45) is 18.9 Å². The minimum atomic E-state index is 0.267. The van der Waals surface area contributed by atoms with E-state index in [1.807, 2.05) is 0 Å². The fourth-order valence-electron chi connectivity index (χ4n) is 5.15. The molecular formula is C23H31NOS. The molecule has 3 heteroatoms. The fraction of sp³-hybridized carbons (Fsp3) is 0.609. The molecule has 140 valence electrons. The molecule has 26 heavy (non-hydrogen) atoms. The van der Waals surface area contributed by atoms with Crippen molar-refractivity contribution < 1.29 is 4.79 Å². The molecule has 2 fully saturated rings. The molecule has 0 N–H and O–H groups in total. The number of aryl methyl sites for hydroxylation is 2. The van der Waals surface area contributed by atoms with E-state index in [9.17, 15) is 4.79 Å². The lowest BCUT2D eigenvalue weighted by Crippen LogP contribution is -2.29. The van der Waals surface area contributed by atoms with Gasteiger partial charge in [-0.05, 0) is 56.1 Å². The number of hydrogen-bond acceptors (Lipinski definition) is 2. The molecule has 2 nitrogen and oxygen atoms in total. The summed E-state index contributed by atoms with van der Waals surface area (Å²) in [6, 6.07) is 8.52. The Hall–Kier alpha value is -1.22. The number of carbonyl (C=O) groups is 1. The monoisotopic (exact) mass is 369 g/mol. The Labute approximate surface area is 161 Å². The zero-order valence-corrected chi connectivity index (χ0v) is 17.1. The van der Waals surface area contributed by atoms with Crippen LogP contribution in [-0.2, 0) is 18.3 Å². The van der Waals surface area contributed by atoms with Gasteiger partial charge in [-0.1, -0.05) is 32.0 Å². The van der Waals surface area contributed by atoms with Gasteiger partial charge in [-0.2, -0.15) is 11.8 Å². The van der Waals surface area contributed by atoms with Gasteiger partial charge in [-0.15, -0.1) is 0 Å². The van der Waals surface area contributed by atoms with Crippen molar-refractivity contribution in [3.63, 3.8) is 0 Å². The smallest absolute Gasteiger partial charge is 0.137 e. The molecule has 1 aliphatic carbocycles. The van der Waals surface area contributed by atoms with E-state index in [1.54, 1.807) is 0 Å². The van der Waals surface area contributed by atoms with E-state index in [1.165, 1.54) is 42.1 Å². The zero-order valence-electron chi connectivity index (χ0n) is 16.3.